The van der Waals surface area contributed by atoms with Crippen LogP contribution in [-0.2, 0) is 13.1 Å². The molecule has 1 aromatic heterocycles. The van der Waals surface area contributed by atoms with E-state index in [2.05, 4.69) is 64.0 Å². The van der Waals surface area contributed by atoms with Gasteiger partial charge in [0.05, 0.1) is 11.9 Å². The number of hydrogen-bond donors (Lipinski definition) is 1. The summed E-state index contributed by atoms with van der Waals surface area (Å²) in [5, 5.41) is 8.18. The van der Waals surface area contributed by atoms with Crippen molar-refractivity contribution in [3.05, 3.63) is 84.2 Å². The topological polar surface area (TPSA) is 33.1 Å². The zero-order valence-corrected chi connectivity index (χ0v) is 15.1. The van der Waals surface area contributed by atoms with Gasteiger partial charge >= 0.3 is 0 Å². The van der Waals surface area contributed by atoms with Crippen molar-refractivity contribution in [2.45, 2.75) is 32.0 Å². The molecule has 0 saturated carbocycles. The van der Waals surface area contributed by atoms with E-state index < -0.39 is 0 Å². The van der Waals surface area contributed by atoms with Crippen LogP contribution in [0.3, 0.4) is 0 Å². The van der Waals surface area contributed by atoms with Gasteiger partial charge < -0.3 is 5.32 Å². The van der Waals surface area contributed by atoms with Crippen molar-refractivity contribution < 1.29 is 0 Å². The smallest absolute Gasteiger partial charge is 0.0645 e. The highest BCUT2D eigenvalue weighted by molar-refractivity contribution is 5.30. The Kier molecular flexibility index (Phi) is 5.43. The summed E-state index contributed by atoms with van der Waals surface area (Å²) in [6.45, 7) is 4.28. The summed E-state index contributed by atoms with van der Waals surface area (Å²) in [4.78, 5) is 2.56. The summed E-state index contributed by atoms with van der Waals surface area (Å²) in [7, 11) is 0. The molecule has 1 saturated heterocycles. The standard InChI is InChI=1S/C22H26N4/c1-3-7-19(8-4-1)17-25-13-11-21(12-14-25)23-15-20-16-24-26(18-20)22-9-5-2-6-10-22/h1-10,16,18,21,23H,11-15,17H2. The quantitative estimate of drug-likeness (QED) is 0.740. The zero-order chi connectivity index (χ0) is 17.6. The fourth-order valence-corrected chi connectivity index (χ4v) is 3.57. The van der Waals surface area contributed by atoms with E-state index in [1.54, 1.807) is 0 Å². The van der Waals surface area contributed by atoms with Crippen LogP contribution in [0, 0.1) is 0 Å². The van der Waals surface area contributed by atoms with Crippen molar-refractivity contribution in [2.24, 2.45) is 0 Å². The summed E-state index contributed by atoms with van der Waals surface area (Å²) in [6.07, 6.45) is 6.50. The van der Waals surface area contributed by atoms with Gasteiger partial charge in [-0.25, -0.2) is 4.68 Å². The number of nitrogens with one attached hydrogen (secondary N) is 1. The molecule has 0 unspecified atom stereocenters. The van der Waals surface area contributed by atoms with Gasteiger partial charge in [0.1, 0.15) is 0 Å². The number of likely N-dealkylation sites (tertiary alicyclic amines) is 1. The van der Waals surface area contributed by atoms with E-state index in [4.69, 9.17) is 0 Å². The Bertz CT molecular complexity index is 789. The monoisotopic (exact) mass is 346 g/mol. The minimum absolute atomic E-state index is 0.599. The van der Waals surface area contributed by atoms with Crippen molar-refractivity contribution in [3.63, 3.8) is 0 Å². The highest BCUT2D eigenvalue weighted by Gasteiger charge is 2.18. The van der Waals surface area contributed by atoms with Gasteiger partial charge in [0.25, 0.3) is 0 Å². The lowest BCUT2D eigenvalue weighted by Crippen LogP contribution is -2.41. The fourth-order valence-electron chi connectivity index (χ4n) is 3.57. The van der Waals surface area contributed by atoms with Crippen LogP contribution in [0.25, 0.3) is 5.69 Å². The molecule has 0 aliphatic carbocycles. The fraction of sp³-hybridized carbons (Fsp3) is 0.318. The van der Waals surface area contributed by atoms with Crippen LogP contribution >= 0.6 is 0 Å². The zero-order valence-electron chi connectivity index (χ0n) is 15.1. The number of para-hydroxylation sites is 1. The van der Waals surface area contributed by atoms with Gasteiger partial charge in [-0.1, -0.05) is 48.5 Å². The SMILES string of the molecule is c1ccc(CN2CCC(NCc3cnn(-c4ccccc4)c3)CC2)cc1. The normalized spacial score (nSPS) is 16.0. The molecule has 0 spiro atoms. The minimum Gasteiger partial charge on any atom is -0.310 e. The van der Waals surface area contributed by atoms with Gasteiger partial charge in [0.15, 0.2) is 0 Å². The van der Waals surface area contributed by atoms with Crippen LogP contribution in [0.4, 0.5) is 0 Å². The number of piperidine rings is 1. The highest BCUT2D eigenvalue weighted by atomic mass is 15.3. The average molecular weight is 346 g/mol. The molecule has 0 bridgehead atoms. The summed E-state index contributed by atoms with van der Waals surface area (Å²) < 4.78 is 1.94. The van der Waals surface area contributed by atoms with Crippen LogP contribution in [0.5, 0.6) is 0 Å². The Balaban J connectivity index is 1.23. The number of nitrogens with zero attached hydrogens (tertiary/aromatic N) is 3. The molecule has 26 heavy (non-hydrogen) atoms. The number of benzene rings is 2. The van der Waals surface area contributed by atoms with E-state index in [1.807, 2.05) is 29.1 Å². The first kappa shape index (κ1) is 17.0. The Morgan fingerprint density at radius 3 is 2.31 bits per heavy atom. The van der Waals surface area contributed by atoms with Crippen molar-refractivity contribution >= 4 is 0 Å². The molecular weight excluding hydrogens is 320 g/mol. The van der Waals surface area contributed by atoms with E-state index in [0.717, 1.165) is 31.9 Å². The van der Waals surface area contributed by atoms with Crippen LogP contribution in [0.15, 0.2) is 73.1 Å². The molecule has 4 nitrogen and oxygen atoms in total. The molecule has 0 radical (unpaired) electrons. The predicted octanol–water partition coefficient (Wildman–Crippen LogP) is 3.63. The lowest BCUT2D eigenvalue weighted by Gasteiger charge is -2.32. The highest BCUT2D eigenvalue weighted by Crippen LogP contribution is 2.15. The molecule has 134 valence electrons. The van der Waals surface area contributed by atoms with Crippen molar-refractivity contribution in [3.8, 4) is 5.69 Å². The second-order valence-electron chi connectivity index (χ2n) is 7.05. The molecule has 1 aliphatic rings. The number of hydrogen-bond acceptors (Lipinski definition) is 3. The Morgan fingerprint density at radius 2 is 1.58 bits per heavy atom. The maximum atomic E-state index is 4.48. The lowest BCUT2D eigenvalue weighted by atomic mass is 10.0. The second-order valence-corrected chi connectivity index (χ2v) is 7.05. The predicted molar refractivity (Wildman–Crippen MR) is 105 cm³/mol. The Labute approximate surface area is 155 Å². The largest absolute Gasteiger partial charge is 0.310 e. The van der Waals surface area contributed by atoms with Crippen LogP contribution < -0.4 is 5.32 Å². The maximum Gasteiger partial charge on any atom is 0.0645 e. The van der Waals surface area contributed by atoms with E-state index in [9.17, 15) is 0 Å². The van der Waals surface area contributed by atoms with E-state index in [-0.39, 0.29) is 0 Å². The lowest BCUT2D eigenvalue weighted by molar-refractivity contribution is 0.190. The third-order valence-corrected chi connectivity index (χ3v) is 5.09. The van der Waals surface area contributed by atoms with Gasteiger partial charge in [-0.15, -0.1) is 0 Å². The minimum atomic E-state index is 0.599. The molecule has 1 aliphatic heterocycles. The molecule has 0 amide bonds. The van der Waals surface area contributed by atoms with E-state index in [1.165, 1.54) is 24.0 Å². The average Bonchev–Trinajstić information content (AvgIpc) is 3.18. The molecule has 2 heterocycles. The van der Waals surface area contributed by atoms with Gasteiger partial charge in [0, 0.05) is 30.9 Å². The first-order valence-corrected chi connectivity index (χ1v) is 9.45. The van der Waals surface area contributed by atoms with Crippen LogP contribution in [0.2, 0.25) is 0 Å². The molecular formula is C22H26N4. The Morgan fingerprint density at radius 1 is 0.885 bits per heavy atom. The van der Waals surface area contributed by atoms with Gasteiger partial charge in [0.2, 0.25) is 0 Å². The molecule has 0 atom stereocenters. The van der Waals surface area contributed by atoms with Gasteiger partial charge in [-0.2, -0.15) is 5.10 Å². The third-order valence-electron chi connectivity index (χ3n) is 5.09. The summed E-state index contributed by atoms with van der Waals surface area (Å²) in [6, 6.07) is 21.6. The molecule has 3 aromatic rings. The molecule has 2 aromatic carbocycles. The van der Waals surface area contributed by atoms with Gasteiger partial charge in [-0.3, -0.25) is 4.90 Å². The Hall–Kier alpha value is -2.43. The summed E-state index contributed by atoms with van der Waals surface area (Å²) >= 11 is 0. The van der Waals surface area contributed by atoms with Crippen molar-refractivity contribution in [1.82, 2.24) is 20.0 Å². The first-order valence-electron chi connectivity index (χ1n) is 9.45. The van der Waals surface area contributed by atoms with Crippen LogP contribution in [0.1, 0.15) is 24.0 Å². The molecule has 4 heteroatoms. The number of rotatable bonds is 6. The van der Waals surface area contributed by atoms with E-state index in [0.29, 0.717) is 6.04 Å². The second kappa shape index (κ2) is 8.30. The molecule has 1 N–H and O–H groups in total. The third kappa shape index (κ3) is 4.40. The molecule has 4 rings (SSSR count). The maximum absolute atomic E-state index is 4.48. The molecule has 1 fully saturated rings. The van der Waals surface area contributed by atoms with Gasteiger partial charge in [-0.05, 0) is 43.6 Å². The van der Waals surface area contributed by atoms with Crippen molar-refractivity contribution in [1.29, 1.82) is 0 Å². The first-order chi connectivity index (χ1) is 12.9. The van der Waals surface area contributed by atoms with Crippen molar-refractivity contribution in [2.75, 3.05) is 13.1 Å². The number of aromatic nitrogens is 2. The summed E-state index contributed by atoms with van der Waals surface area (Å²) in [5.74, 6) is 0. The summed E-state index contributed by atoms with van der Waals surface area (Å²) in [5.41, 5.74) is 3.75. The van der Waals surface area contributed by atoms with Crippen LogP contribution in [-0.4, -0.2) is 33.8 Å². The van der Waals surface area contributed by atoms with E-state index >= 15 is 0 Å².